The first-order valence-corrected chi connectivity index (χ1v) is 16.7. The minimum atomic E-state index is -0.535. The number of rotatable bonds is 7. The van der Waals surface area contributed by atoms with Crippen LogP contribution in [0.5, 0.6) is 11.5 Å². The van der Waals surface area contributed by atoms with Crippen molar-refractivity contribution >= 4 is 22.8 Å². The molecule has 2 atom stereocenters. The maximum Gasteiger partial charge on any atom is 0.264 e. The van der Waals surface area contributed by atoms with Crippen LogP contribution < -0.4 is 10.5 Å². The molecule has 49 heavy (non-hydrogen) atoms. The number of piperidine rings is 1. The highest BCUT2D eigenvalue weighted by Gasteiger charge is 2.37. The molecular weight excluding hydrogens is 625 g/mol. The molecule has 4 aromatic rings. The Bertz CT molecular complexity index is 1920. The molecule has 2 aromatic heterocycles. The molecule has 0 saturated carbocycles. The molecular formula is C36H40FN9O3. The molecule has 254 valence electrons. The zero-order valence-corrected chi connectivity index (χ0v) is 27.8. The van der Waals surface area contributed by atoms with Crippen LogP contribution in [0.15, 0.2) is 66.5 Å². The van der Waals surface area contributed by atoms with Crippen molar-refractivity contribution in [1.82, 2.24) is 34.4 Å². The molecule has 13 heteroatoms. The summed E-state index contributed by atoms with van der Waals surface area (Å²) in [7, 11) is 0. The number of para-hydroxylation sites is 1. The summed E-state index contributed by atoms with van der Waals surface area (Å²) in [4.78, 5) is 29.1. The van der Waals surface area contributed by atoms with Crippen LogP contribution in [-0.2, 0) is 9.53 Å². The van der Waals surface area contributed by atoms with Crippen LogP contribution in [0.2, 0.25) is 0 Å². The van der Waals surface area contributed by atoms with E-state index in [1.165, 1.54) is 12.4 Å². The molecule has 0 radical (unpaired) electrons. The van der Waals surface area contributed by atoms with Gasteiger partial charge in [-0.25, -0.2) is 19.0 Å². The van der Waals surface area contributed by atoms with E-state index in [1.807, 2.05) is 24.3 Å². The maximum absolute atomic E-state index is 15.7. The number of hydrogen-bond acceptors (Lipinski definition) is 10. The van der Waals surface area contributed by atoms with Crippen LogP contribution in [0.3, 0.4) is 0 Å². The highest BCUT2D eigenvalue weighted by Crippen LogP contribution is 2.36. The fourth-order valence-corrected chi connectivity index (χ4v) is 7.18. The van der Waals surface area contributed by atoms with Crippen molar-refractivity contribution in [1.29, 1.82) is 5.26 Å². The lowest BCUT2D eigenvalue weighted by Crippen LogP contribution is -2.61. The fourth-order valence-electron chi connectivity index (χ4n) is 7.18. The van der Waals surface area contributed by atoms with Crippen LogP contribution in [0.4, 0.5) is 10.2 Å². The van der Waals surface area contributed by atoms with E-state index in [9.17, 15) is 10.1 Å². The van der Waals surface area contributed by atoms with Crippen molar-refractivity contribution in [3.63, 3.8) is 0 Å². The van der Waals surface area contributed by atoms with Crippen molar-refractivity contribution in [2.24, 2.45) is 0 Å². The molecule has 12 nitrogen and oxygen atoms in total. The van der Waals surface area contributed by atoms with Gasteiger partial charge in [0, 0.05) is 62.5 Å². The molecule has 7 rings (SSSR count). The number of nitrogen functional groups attached to an aromatic ring is 1. The summed E-state index contributed by atoms with van der Waals surface area (Å²) in [5.74, 6) is 0.264. The Morgan fingerprint density at radius 1 is 1.08 bits per heavy atom. The number of benzene rings is 2. The summed E-state index contributed by atoms with van der Waals surface area (Å²) in [5.41, 5.74) is 6.93. The first kappa shape index (κ1) is 32.6. The summed E-state index contributed by atoms with van der Waals surface area (Å²) >= 11 is 0. The van der Waals surface area contributed by atoms with E-state index >= 15 is 4.39 Å². The first-order chi connectivity index (χ1) is 23.7. The van der Waals surface area contributed by atoms with Gasteiger partial charge in [-0.05, 0) is 57.0 Å². The van der Waals surface area contributed by atoms with E-state index in [0.717, 1.165) is 32.8 Å². The molecule has 2 aromatic carbocycles. The number of hydrogen-bond donors (Lipinski definition) is 1. The number of amides is 1. The van der Waals surface area contributed by atoms with Gasteiger partial charge in [-0.3, -0.25) is 14.6 Å². The third-order valence-corrected chi connectivity index (χ3v) is 9.82. The molecule has 2 N–H and O–H groups in total. The molecule has 0 aliphatic carbocycles. The summed E-state index contributed by atoms with van der Waals surface area (Å²) < 4.78 is 28.9. The third kappa shape index (κ3) is 6.59. The Kier molecular flexibility index (Phi) is 9.02. The number of nitriles is 1. The predicted molar refractivity (Wildman–Crippen MR) is 182 cm³/mol. The highest BCUT2D eigenvalue weighted by atomic mass is 19.1. The average molecular weight is 666 g/mol. The van der Waals surface area contributed by atoms with Gasteiger partial charge in [0.25, 0.3) is 5.91 Å². The van der Waals surface area contributed by atoms with Gasteiger partial charge in [0.1, 0.15) is 46.8 Å². The van der Waals surface area contributed by atoms with Crippen molar-refractivity contribution in [2.45, 2.75) is 44.3 Å². The smallest absolute Gasteiger partial charge is 0.264 e. The van der Waals surface area contributed by atoms with Gasteiger partial charge in [-0.1, -0.05) is 18.2 Å². The largest absolute Gasteiger partial charge is 0.457 e. The Labute approximate surface area is 284 Å². The number of anilines is 1. The van der Waals surface area contributed by atoms with Crippen molar-refractivity contribution in [3.8, 4) is 28.8 Å². The Morgan fingerprint density at radius 3 is 2.71 bits per heavy atom. The second-order valence-corrected chi connectivity index (χ2v) is 13.4. The van der Waals surface area contributed by atoms with Crippen LogP contribution in [-0.4, -0.2) is 104 Å². The van der Waals surface area contributed by atoms with Gasteiger partial charge in [0.2, 0.25) is 0 Å². The lowest BCUT2D eigenvalue weighted by molar-refractivity contribution is -0.128. The molecule has 3 fully saturated rings. The summed E-state index contributed by atoms with van der Waals surface area (Å²) in [6, 6.07) is 16.0. The molecule has 0 spiro atoms. The minimum absolute atomic E-state index is 0.116. The van der Waals surface area contributed by atoms with Gasteiger partial charge in [-0.15, -0.1) is 0 Å². The molecule has 3 saturated heterocycles. The lowest BCUT2D eigenvalue weighted by atomic mass is 9.95. The number of aromatic nitrogens is 4. The molecule has 0 unspecified atom stereocenters. The number of likely N-dealkylation sites (tertiary alicyclic amines) is 1. The normalized spacial score (nSPS) is 20.9. The number of ether oxygens (including phenoxy) is 2. The second kappa shape index (κ2) is 13.5. The number of morpholine rings is 1. The molecule has 3 aliphatic rings. The van der Waals surface area contributed by atoms with Gasteiger partial charge >= 0.3 is 0 Å². The van der Waals surface area contributed by atoms with E-state index in [2.05, 4.69) is 39.7 Å². The molecule has 0 bridgehead atoms. The van der Waals surface area contributed by atoms with E-state index in [4.69, 9.17) is 20.3 Å². The zero-order valence-electron chi connectivity index (χ0n) is 27.8. The number of nitrogens with two attached hydrogens (primary N) is 1. The van der Waals surface area contributed by atoms with Gasteiger partial charge in [0.05, 0.1) is 24.6 Å². The summed E-state index contributed by atoms with van der Waals surface area (Å²) in [6.45, 7) is 9.89. The van der Waals surface area contributed by atoms with Gasteiger partial charge in [0.15, 0.2) is 5.65 Å². The number of carbonyl (C=O) groups is 1. The van der Waals surface area contributed by atoms with E-state index in [1.54, 1.807) is 33.8 Å². The molecule has 3 aliphatic heterocycles. The number of halogens is 1. The van der Waals surface area contributed by atoms with Crippen LogP contribution in [0.25, 0.3) is 22.3 Å². The van der Waals surface area contributed by atoms with E-state index in [-0.39, 0.29) is 28.9 Å². The number of nitrogens with zero attached hydrogens (tertiary/aromatic N) is 8. The van der Waals surface area contributed by atoms with Crippen molar-refractivity contribution in [3.05, 3.63) is 72.3 Å². The summed E-state index contributed by atoms with van der Waals surface area (Å²) in [5, 5.41) is 15.5. The minimum Gasteiger partial charge on any atom is -0.457 e. The lowest BCUT2D eigenvalue weighted by Gasteiger charge is -2.48. The van der Waals surface area contributed by atoms with E-state index < -0.39 is 11.4 Å². The van der Waals surface area contributed by atoms with Gasteiger partial charge in [-0.2, -0.15) is 10.4 Å². The average Bonchev–Trinajstić information content (AvgIpc) is 3.51. The van der Waals surface area contributed by atoms with Crippen molar-refractivity contribution < 1.29 is 18.7 Å². The Morgan fingerprint density at radius 2 is 1.92 bits per heavy atom. The predicted octanol–water partition coefficient (Wildman–Crippen LogP) is 4.42. The van der Waals surface area contributed by atoms with E-state index in [0.29, 0.717) is 66.8 Å². The second-order valence-electron chi connectivity index (χ2n) is 13.4. The quantitative estimate of drug-likeness (QED) is 0.223. The van der Waals surface area contributed by atoms with Gasteiger partial charge < -0.3 is 20.1 Å². The number of fused-ring (bicyclic) bond motifs is 2. The first-order valence-electron chi connectivity index (χ1n) is 16.7. The van der Waals surface area contributed by atoms with Crippen LogP contribution >= 0.6 is 0 Å². The number of piperazine rings is 1. The summed E-state index contributed by atoms with van der Waals surface area (Å²) in [6.07, 6.45) is 4.57. The topological polar surface area (TPSA) is 139 Å². The molecule has 5 heterocycles. The highest BCUT2D eigenvalue weighted by molar-refractivity contribution is 5.99. The zero-order chi connectivity index (χ0) is 34.1. The monoisotopic (exact) mass is 665 g/mol. The standard InChI is InChI=1S/C36H40FN9O3/c1-36(2,45-14-13-43-15-16-48-22-26(43)21-45)18-24(19-38)35(47)44-12-6-7-25(20-44)46-34-31(33(39)40-23-41-34)32(42-46)29-11-10-28(17-30(29)37)49-27-8-4-3-5-9-27/h3-5,8-11,17-18,23,25-26H,6-7,12-16,20-22H2,1-2H3,(H2,39,40,41)/b24-18-/t25-,26+/m1/s1. The van der Waals surface area contributed by atoms with Crippen LogP contribution in [0, 0.1) is 17.1 Å². The maximum atomic E-state index is 15.7. The third-order valence-electron chi connectivity index (χ3n) is 9.82. The fraction of sp³-hybridized carbons (Fsp3) is 0.417. The SMILES string of the molecule is CC(C)(/C=C(/C#N)C(=O)N1CCC[C@@H](n2nc(-c3ccc(Oc4ccccc4)cc3F)c3c(N)ncnc32)C1)N1CCN2CCOC[C@@H]2C1. The number of carbonyl (C=O) groups excluding carboxylic acids is 1. The molecule has 1 amide bonds. The van der Waals surface area contributed by atoms with Crippen LogP contribution in [0.1, 0.15) is 32.7 Å². The Balaban J connectivity index is 1.13. The van der Waals surface area contributed by atoms with Crippen molar-refractivity contribution in [2.75, 3.05) is 58.2 Å². The Hall–Kier alpha value is -4.90.